The first kappa shape index (κ1) is 24.5. The molecule has 0 bridgehead atoms. The minimum absolute atomic E-state index is 0.0610. The number of carbonyl (C=O) groups excluding carboxylic acids is 5. The monoisotopic (exact) mass is 523 g/mol. The smallest absolute Gasteiger partial charge is 0.265 e. The summed E-state index contributed by atoms with van der Waals surface area (Å²) in [5, 5.41) is 4.23. The largest absolute Gasteiger partial charge is 0.361 e. The van der Waals surface area contributed by atoms with Gasteiger partial charge in [-0.25, -0.2) is 4.90 Å². The van der Waals surface area contributed by atoms with Crippen LogP contribution in [-0.4, -0.2) is 73.2 Å². The highest BCUT2D eigenvalue weighted by Crippen LogP contribution is 2.41. The number of benzene rings is 3. The van der Waals surface area contributed by atoms with Gasteiger partial charge in [-0.2, -0.15) is 0 Å². The molecule has 0 fully saturated rings. The van der Waals surface area contributed by atoms with Crippen LogP contribution in [-0.2, 0) is 16.1 Å². The topological polar surface area (TPSA) is 110 Å². The Hall–Kier alpha value is -4.83. The summed E-state index contributed by atoms with van der Waals surface area (Å²) in [5.41, 5.74) is 3.66. The third kappa shape index (κ3) is 3.96. The Morgan fingerprint density at radius 1 is 0.897 bits per heavy atom. The fourth-order valence-electron chi connectivity index (χ4n) is 5.58. The van der Waals surface area contributed by atoms with E-state index in [1.54, 1.807) is 18.2 Å². The summed E-state index contributed by atoms with van der Waals surface area (Å²) in [6.45, 7) is 1.59. The first-order valence-corrected chi connectivity index (χ1v) is 12.5. The summed E-state index contributed by atoms with van der Waals surface area (Å²) in [6, 6.07) is 13.6. The van der Waals surface area contributed by atoms with E-state index in [9.17, 15) is 24.0 Å². The lowest BCUT2D eigenvalue weighted by atomic mass is 9.89. The predicted molar refractivity (Wildman–Crippen MR) is 144 cm³/mol. The number of imide groups is 2. The molecule has 3 aliphatic rings. The van der Waals surface area contributed by atoms with E-state index in [4.69, 9.17) is 0 Å². The molecule has 5 amide bonds. The standard InChI is InChI=1S/C29H25N5O5/c1-31-15-18-14-22-25-20(26(18)32(2)16-31)4-3-5-21(25)28(38)34(29(22)39)19-8-6-17(7-9-19)27(37)30-12-13-33-23(35)10-11-24(33)36/h3-11,14H,12-13,15-16H2,1-2H3,(H,30,37). The Kier molecular flexibility index (Phi) is 5.76. The van der Waals surface area contributed by atoms with Crippen molar-refractivity contribution in [2.24, 2.45) is 0 Å². The number of fused-ring (bicyclic) bond motifs is 2. The molecule has 1 N–H and O–H groups in total. The third-order valence-corrected chi connectivity index (χ3v) is 7.26. The second-order valence-electron chi connectivity index (χ2n) is 9.92. The molecular weight excluding hydrogens is 498 g/mol. The lowest BCUT2D eigenvalue weighted by Gasteiger charge is -2.37. The maximum Gasteiger partial charge on any atom is 0.265 e. The van der Waals surface area contributed by atoms with Crippen molar-refractivity contribution in [3.8, 4) is 0 Å². The van der Waals surface area contributed by atoms with E-state index in [1.807, 2.05) is 32.3 Å². The zero-order valence-electron chi connectivity index (χ0n) is 21.4. The number of carbonyl (C=O) groups is 5. The van der Waals surface area contributed by atoms with Crippen molar-refractivity contribution in [2.75, 3.05) is 43.7 Å². The maximum atomic E-state index is 13.7. The average Bonchev–Trinajstić information content (AvgIpc) is 3.23. The van der Waals surface area contributed by atoms with Crippen LogP contribution >= 0.6 is 0 Å². The molecular formula is C29H25N5O5. The molecule has 0 aromatic heterocycles. The van der Waals surface area contributed by atoms with Gasteiger partial charge in [-0.15, -0.1) is 0 Å². The van der Waals surface area contributed by atoms with Gasteiger partial charge in [0.2, 0.25) is 0 Å². The van der Waals surface area contributed by atoms with Crippen molar-refractivity contribution in [3.63, 3.8) is 0 Å². The molecule has 3 heterocycles. The SMILES string of the molecule is CN1Cc2cc3c4c(cccc4c2N(C)C1)C(=O)N(c1ccc(C(=O)NCCN2C(=O)C=CC2=O)cc1)C3=O. The minimum atomic E-state index is -0.417. The summed E-state index contributed by atoms with van der Waals surface area (Å²) in [4.78, 5) is 69.7. The normalized spacial score (nSPS) is 16.9. The number of amides is 5. The van der Waals surface area contributed by atoms with E-state index in [0.717, 1.165) is 33.1 Å². The highest BCUT2D eigenvalue weighted by Gasteiger charge is 2.36. The number of nitrogens with zero attached hydrogens (tertiary/aromatic N) is 4. The molecule has 3 aliphatic heterocycles. The van der Waals surface area contributed by atoms with E-state index < -0.39 is 29.5 Å². The van der Waals surface area contributed by atoms with Crippen molar-refractivity contribution >= 4 is 51.7 Å². The molecule has 10 heteroatoms. The number of hydrogen-bond acceptors (Lipinski definition) is 7. The van der Waals surface area contributed by atoms with Gasteiger partial charge in [0.15, 0.2) is 0 Å². The van der Waals surface area contributed by atoms with E-state index in [0.29, 0.717) is 34.3 Å². The van der Waals surface area contributed by atoms with Gasteiger partial charge in [-0.1, -0.05) is 12.1 Å². The Morgan fingerprint density at radius 3 is 2.31 bits per heavy atom. The van der Waals surface area contributed by atoms with Crippen LogP contribution in [0, 0.1) is 0 Å². The Labute approximate surface area is 224 Å². The van der Waals surface area contributed by atoms with Crippen molar-refractivity contribution < 1.29 is 24.0 Å². The van der Waals surface area contributed by atoms with Gasteiger partial charge < -0.3 is 10.2 Å². The van der Waals surface area contributed by atoms with Crippen molar-refractivity contribution in [3.05, 3.63) is 82.9 Å². The minimum Gasteiger partial charge on any atom is -0.361 e. The van der Waals surface area contributed by atoms with Crippen LogP contribution in [0.15, 0.2) is 60.7 Å². The fourth-order valence-corrected chi connectivity index (χ4v) is 5.58. The van der Waals surface area contributed by atoms with Gasteiger partial charge in [0.05, 0.1) is 12.4 Å². The molecule has 0 atom stereocenters. The Balaban J connectivity index is 1.25. The molecule has 0 spiro atoms. The first-order valence-electron chi connectivity index (χ1n) is 12.5. The van der Waals surface area contributed by atoms with Gasteiger partial charge in [-0.05, 0) is 49.0 Å². The number of nitrogens with one attached hydrogen (secondary N) is 1. The number of hydrogen-bond donors (Lipinski definition) is 1. The van der Waals surface area contributed by atoms with E-state index in [2.05, 4.69) is 15.1 Å². The van der Waals surface area contributed by atoms with Crippen LogP contribution in [0.3, 0.4) is 0 Å². The second-order valence-corrected chi connectivity index (χ2v) is 9.92. The fraction of sp³-hybridized carbons (Fsp3) is 0.207. The maximum absolute atomic E-state index is 13.7. The lowest BCUT2D eigenvalue weighted by molar-refractivity contribution is -0.136. The zero-order valence-corrected chi connectivity index (χ0v) is 21.4. The van der Waals surface area contributed by atoms with Gasteiger partial charge in [-0.3, -0.25) is 33.8 Å². The number of rotatable bonds is 5. The molecule has 3 aromatic carbocycles. The molecule has 0 aliphatic carbocycles. The van der Waals surface area contributed by atoms with Gasteiger partial charge >= 0.3 is 0 Å². The van der Waals surface area contributed by atoms with Crippen LogP contribution < -0.4 is 15.1 Å². The molecule has 39 heavy (non-hydrogen) atoms. The lowest BCUT2D eigenvalue weighted by Crippen LogP contribution is -2.42. The van der Waals surface area contributed by atoms with Crippen LogP contribution in [0.1, 0.15) is 36.6 Å². The molecule has 3 aromatic rings. The molecule has 0 saturated carbocycles. The van der Waals surface area contributed by atoms with Crippen LogP contribution in [0.2, 0.25) is 0 Å². The average molecular weight is 524 g/mol. The van der Waals surface area contributed by atoms with Crippen molar-refractivity contribution in [1.29, 1.82) is 0 Å². The molecule has 196 valence electrons. The zero-order chi connectivity index (χ0) is 27.4. The molecule has 0 radical (unpaired) electrons. The second kappa shape index (κ2) is 9.17. The predicted octanol–water partition coefficient (Wildman–Crippen LogP) is 2.13. The first-order chi connectivity index (χ1) is 18.7. The van der Waals surface area contributed by atoms with Crippen LogP contribution in [0.5, 0.6) is 0 Å². The third-order valence-electron chi connectivity index (χ3n) is 7.26. The molecule has 0 saturated heterocycles. The summed E-state index contributed by atoms with van der Waals surface area (Å²) in [6.07, 6.45) is 2.38. The Morgan fingerprint density at radius 2 is 1.59 bits per heavy atom. The summed E-state index contributed by atoms with van der Waals surface area (Å²) >= 11 is 0. The van der Waals surface area contributed by atoms with Gasteiger partial charge in [0.25, 0.3) is 29.5 Å². The van der Waals surface area contributed by atoms with E-state index >= 15 is 0 Å². The van der Waals surface area contributed by atoms with E-state index in [-0.39, 0.29) is 13.1 Å². The molecule has 0 unspecified atom stereocenters. The van der Waals surface area contributed by atoms with Crippen molar-refractivity contribution in [1.82, 2.24) is 15.1 Å². The highest BCUT2D eigenvalue weighted by molar-refractivity contribution is 6.36. The van der Waals surface area contributed by atoms with E-state index in [1.165, 1.54) is 24.3 Å². The summed E-state index contributed by atoms with van der Waals surface area (Å²) < 4.78 is 0. The van der Waals surface area contributed by atoms with Crippen LogP contribution in [0.4, 0.5) is 11.4 Å². The van der Waals surface area contributed by atoms with Gasteiger partial charge in [0, 0.05) is 72.0 Å². The molecule has 10 nitrogen and oxygen atoms in total. The highest BCUT2D eigenvalue weighted by atomic mass is 16.2. The van der Waals surface area contributed by atoms with Crippen molar-refractivity contribution in [2.45, 2.75) is 6.54 Å². The quantitative estimate of drug-likeness (QED) is 0.510. The Bertz CT molecular complexity index is 1610. The number of anilines is 2. The molecule has 6 rings (SSSR count). The van der Waals surface area contributed by atoms with Crippen LogP contribution in [0.25, 0.3) is 10.8 Å². The van der Waals surface area contributed by atoms with Gasteiger partial charge in [0.1, 0.15) is 0 Å². The summed E-state index contributed by atoms with van der Waals surface area (Å²) in [7, 11) is 4.02. The summed E-state index contributed by atoms with van der Waals surface area (Å²) in [5.74, 6) is -2.05.